The van der Waals surface area contributed by atoms with Crippen LogP contribution >= 0.6 is 0 Å². The number of hydrogen-bond acceptors (Lipinski definition) is 4. The second kappa shape index (κ2) is 5.58. The quantitative estimate of drug-likeness (QED) is 0.478. The van der Waals surface area contributed by atoms with Crippen molar-refractivity contribution in [3.63, 3.8) is 0 Å². The molecule has 4 fully saturated rings. The fourth-order valence-electron chi connectivity index (χ4n) is 4.23. The summed E-state index contributed by atoms with van der Waals surface area (Å²) < 4.78 is 197. The summed E-state index contributed by atoms with van der Waals surface area (Å²) in [6.07, 6.45) is -2.81. The molecule has 1 N–H and O–H groups in total. The number of ether oxygens (including phenoxy) is 2. The van der Waals surface area contributed by atoms with Gasteiger partial charge in [-0.05, 0) is 6.92 Å². The first-order chi connectivity index (χ1) is 13.6. The molecule has 31 heavy (non-hydrogen) atoms. The van der Waals surface area contributed by atoms with Gasteiger partial charge >= 0.3 is 46.6 Å². The normalized spacial score (nSPS) is 49.3. The molecule has 0 aromatic heterocycles. The number of rotatable bonds is 5. The molecule has 4 saturated carbocycles. The Morgan fingerprint density at radius 1 is 0.742 bits per heavy atom. The Morgan fingerprint density at radius 2 is 1.16 bits per heavy atom. The number of Topliss-reactive ketones (excluding diaryl/α,β-unsaturated/α-hetero) is 1. The van der Waals surface area contributed by atoms with Gasteiger partial charge < -0.3 is 14.6 Å². The van der Waals surface area contributed by atoms with E-state index in [0.717, 1.165) is 0 Å². The van der Waals surface area contributed by atoms with Gasteiger partial charge in [0.2, 0.25) is 5.78 Å². The monoisotopic (exact) mass is 488 g/mol. The van der Waals surface area contributed by atoms with E-state index in [2.05, 4.69) is 9.47 Å². The summed E-state index contributed by atoms with van der Waals surface area (Å²) in [4.78, 5) is 11.8. The Balaban J connectivity index is 2.47. The summed E-state index contributed by atoms with van der Waals surface area (Å²) in [6.45, 7) is -1.80. The highest BCUT2D eigenvalue weighted by Crippen LogP contribution is 2.84. The maximum absolute atomic E-state index is 15.3. The van der Waals surface area contributed by atoms with Gasteiger partial charge in [0.15, 0.2) is 6.29 Å². The fraction of sp³-hybridized carbons (Fsp3) is 0.929. The average molecular weight is 488 g/mol. The predicted molar refractivity (Wildman–Crippen MR) is 67.6 cm³/mol. The van der Waals surface area contributed by atoms with Gasteiger partial charge in [-0.15, -0.1) is 0 Å². The first-order valence-electron chi connectivity index (χ1n) is 8.02. The van der Waals surface area contributed by atoms with Gasteiger partial charge in [-0.2, -0.15) is 35.1 Å². The van der Waals surface area contributed by atoms with Crippen LogP contribution in [0, 0.1) is 0 Å². The van der Waals surface area contributed by atoms with Crippen LogP contribution < -0.4 is 0 Å². The fourth-order valence-corrected chi connectivity index (χ4v) is 4.23. The summed E-state index contributed by atoms with van der Waals surface area (Å²) in [5.74, 6) is -40.8. The zero-order valence-corrected chi connectivity index (χ0v) is 14.6. The summed E-state index contributed by atoms with van der Waals surface area (Å²) >= 11 is 0. The van der Waals surface area contributed by atoms with Crippen molar-refractivity contribution < 1.29 is 76.5 Å². The first kappa shape index (κ1) is 24.3. The van der Waals surface area contributed by atoms with Crippen molar-refractivity contribution in [2.45, 2.75) is 65.4 Å². The number of halogens is 13. The minimum atomic E-state index is -7.59. The predicted octanol–water partition coefficient (Wildman–Crippen LogP) is 3.01. The highest BCUT2D eigenvalue weighted by atomic mass is 19.3. The van der Waals surface area contributed by atoms with Crippen LogP contribution in [0.25, 0.3) is 0 Å². The van der Waals surface area contributed by atoms with Crippen molar-refractivity contribution in [2.24, 2.45) is 0 Å². The molecule has 4 aliphatic rings. The third-order valence-corrected chi connectivity index (χ3v) is 5.75. The molecule has 4 bridgehead atoms. The van der Waals surface area contributed by atoms with E-state index in [-0.39, 0.29) is 6.92 Å². The number of aliphatic hydroxyl groups is 1. The molecule has 0 amide bonds. The first-order valence-corrected chi connectivity index (χ1v) is 8.02. The Hall–Kier alpha value is -1.36. The van der Waals surface area contributed by atoms with E-state index in [1.165, 1.54) is 0 Å². The van der Waals surface area contributed by atoms with Crippen LogP contribution in [0.2, 0.25) is 0 Å². The summed E-state index contributed by atoms with van der Waals surface area (Å²) in [6, 6.07) is 0. The van der Waals surface area contributed by atoms with Crippen molar-refractivity contribution in [2.75, 3.05) is 13.2 Å². The number of hydrogen-bond donors (Lipinski definition) is 1. The molecule has 6 unspecified atom stereocenters. The molecule has 6 atom stereocenters. The standard InChI is InChI=1S/C14H9F13O4/c1-4(30-3-2-28)31-14(27)7(16)5(29)6(15)10(19,20)8(17,12(7,23)24)13(25,26)9(14,18)11(6,21)22/h4,28H,2-3H2,1H3. The van der Waals surface area contributed by atoms with Gasteiger partial charge in [-0.1, -0.05) is 0 Å². The van der Waals surface area contributed by atoms with E-state index < -0.39 is 77.5 Å². The highest BCUT2D eigenvalue weighted by molar-refractivity contribution is 6.04. The third kappa shape index (κ3) is 1.69. The minimum Gasteiger partial charge on any atom is -0.394 e. The number of alkyl halides is 13. The molecule has 0 saturated heterocycles. The lowest BCUT2D eigenvalue weighted by Gasteiger charge is -2.71. The van der Waals surface area contributed by atoms with E-state index >= 15 is 13.2 Å². The van der Waals surface area contributed by atoms with Crippen molar-refractivity contribution >= 4 is 5.78 Å². The molecule has 4 nitrogen and oxygen atoms in total. The Bertz CT molecular complexity index is 835. The van der Waals surface area contributed by atoms with Crippen LogP contribution in [0.1, 0.15) is 6.92 Å². The lowest BCUT2D eigenvalue weighted by Crippen LogP contribution is -3.07. The molecule has 4 rings (SSSR count). The molecule has 0 aromatic carbocycles. The molecule has 0 heterocycles. The Kier molecular flexibility index (Phi) is 4.37. The smallest absolute Gasteiger partial charge is 0.340 e. The van der Waals surface area contributed by atoms with E-state index in [1.54, 1.807) is 0 Å². The maximum atomic E-state index is 15.3. The van der Waals surface area contributed by atoms with Crippen molar-refractivity contribution in [3.8, 4) is 0 Å². The SMILES string of the molecule is CC(OCCO)OC1(F)C2(F)C(=O)C3(F)C(F)(F)C(F)(C2(F)F)C(F)(F)C1(F)C3(F)F. The van der Waals surface area contributed by atoms with Crippen molar-refractivity contribution in [3.05, 3.63) is 0 Å². The number of carbonyl (C=O) groups is 1. The van der Waals surface area contributed by atoms with Crippen LogP contribution in [0.5, 0.6) is 0 Å². The number of ketones is 1. The van der Waals surface area contributed by atoms with E-state index in [4.69, 9.17) is 5.11 Å². The summed E-state index contributed by atoms with van der Waals surface area (Å²) in [5, 5.41) is 8.49. The lowest BCUT2D eigenvalue weighted by atomic mass is 9.41. The Labute approximate surface area is 162 Å². The molecule has 4 aliphatic carbocycles. The van der Waals surface area contributed by atoms with Gasteiger partial charge in [0.05, 0.1) is 13.2 Å². The molecular formula is C14H9F13O4. The van der Waals surface area contributed by atoms with Crippen molar-refractivity contribution in [1.82, 2.24) is 0 Å². The van der Waals surface area contributed by atoms with Gasteiger partial charge in [0.25, 0.3) is 5.67 Å². The summed E-state index contributed by atoms with van der Waals surface area (Å²) in [5.41, 5.74) is -28.5. The molecule has 17 heteroatoms. The average Bonchev–Trinajstić information content (AvgIpc) is 2.64. The third-order valence-electron chi connectivity index (χ3n) is 5.75. The molecule has 0 aromatic rings. The van der Waals surface area contributed by atoms with Gasteiger partial charge in [-0.3, -0.25) is 4.79 Å². The molecule has 180 valence electrons. The molecular weight excluding hydrogens is 479 g/mol. The van der Waals surface area contributed by atoms with Crippen LogP contribution in [0.15, 0.2) is 0 Å². The van der Waals surface area contributed by atoms with E-state index in [1.807, 2.05) is 0 Å². The highest BCUT2D eigenvalue weighted by Gasteiger charge is 3.20. The van der Waals surface area contributed by atoms with Crippen LogP contribution in [-0.2, 0) is 14.3 Å². The lowest BCUT2D eigenvalue weighted by molar-refractivity contribution is -0.561. The largest absolute Gasteiger partial charge is 0.394 e. The topological polar surface area (TPSA) is 55.8 Å². The number of carbonyl (C=O) groups excluding carboxylic acids is 1. The number of aliphatic hydroxyl groups excluding tert-OH is 1. The van der Waals surface area contributed by atoms with Crippen LogP contribution in [0.3, 0.4) is 0 Å². The van der Waals surface area contributed by atoms with Crippen molar-refractivity contribution in [1.29, 1.82) is 0 Å². The second-order valence-electron chi connectivity index (χ2n) is 7.14. The Morgan fingerprint density at radius 3 is 1.61 bits per heavy atom. The zero-order valence-electron chi connectivity index (χ0n) is 14.6. The van der Waals surface area contributed by atoms with Gasteiger partial charge in [0, 0.05) is 0 Å². The zero-order chi connectivity index (χ0) is 24.5. The second-order valence-corrected chi connectivity index (χ2v) is 7.14. The van der Waals surface area contributed by atoms with E-state index in [0.29, 0.717) is 0 Å². The molecule has 0 spiro atoms. The van der Waals surface area contributed by atoms with Gasteiger partial charge in [-0.25, -0.2) is 22.0 Å². The summed E-state index contributed by atoms with van der Waals surface area (Å²) in [7, 11) is 0. The minimum absolute atomic E-state index is 0.249. The van der Waals surface area contributed by atoms with Gasteiger partial charge in [0.1, 0.15) is 0 Å². The molecule has 0 aliphatic heterocycles. The molecule has 0 radical (unpaired) electrons. The van der Waals surface area contributed by atoms with Crippen LogP contribution in [0.4, 0.5) is 57.1 Å². The van der Waals surface area contributed by atoms with Crippen LogP contribution in [-0.4, -0.2) is 82.6 Å². The van der Waals surface area contributed by atoms with E-state index in [9.17, 15) is 48.7 Å². The maximum Gasteiger partial charge on any atom is 0.340 e.